The number of hydrogen-bond acceptors (Lipinski definition) is 6. The minimum atomic E-state index is -5.19. The highest BCUT2D eigenvalue weighted by Crippen LogP contribution is 2.25. The third-order valence-electron chi connectivity index (χ3n) is 4.30. The maximum Gasteiger partial charge on any atom is 0.426 e. The summed E-state index contributed by atoms with van der Waals surface area (Å²) < 4.78 is 77.4. The maximum absolute atomic E-state index is 12.8. The van der Waals surface area contributed by atoms with Crippen LogP contribution in [-0.2, 0) is 43.3 Å². The molecule has 0 amide bonds. The van der Waals surface area contributed by atoms with E-state index in [0.29, 0.717) is 24.5 Å². The van der Waals surface area contributed by atoms with E-state index in [1.807, 2.05) is 29.6 Å². The first kappa shape index (κ1) is 26.1. The van der Waals surface area contributed by atoms with Gasteiger partial charge in [-0.2, -0.15) is 21.6 Å². The monoisotopic (exact) mass is 448 g/mol. The molecule has 164 valence electrons. The molecule has 0 aliphatic rings. The van der Waals surface area contributed by atoms with Crippen molar-refractivity contribution in [2.24, 2.45) is 0 Å². The minimum absolute atomic E-state index is 0.335. The molecule has 1 rings (SSSR count). The van der Waals surface area contributed by atoms with Crippen LogP contribution in [0.2, 0.25) is 0 Å². The van der Waals surface area contributed by atoms with Crippen molar-refractivity contribution in [1.29, 1.82) is 0 Å². The SMILES string of the molecule is BCc1cc(CB)c(CB)c(C(=O)OCCC(=O)OC(CS(=O)(=O)O)C(F)(F)F)c1. The van der Waals surface area contributed by atoms with Crippen LogP contribution in [0.4, 0.5) is 13.2 Å². The van der Waals surface area contributed by atoms with Gasteiger partial charge in [0.15, 0.2) is 0 Å². The van der Waals surface area contributed by atoms with Gasteiger partial charge < -0.3 is 9.47 Å². The van der Waals surface area contributed by atoms with Crippen LogP contribution >= 0.6 is 0 Å². The number of ether oxygens (including phenoxy) is 2. The number of alkyl halides is 3. The summed E-state index contributed by atoms with van der Waals surface area (Å²) in [6.45, 7) is -0.547. The molecule has 0 bridgehead atoms. The zero-order chi connectivity index (χ0) is 23.1. The molecular formula is C16H22B3F3O7S. The third-order valence-corrected chi connectivity index (χ3v) is 5.03. The molecule has 0 aliphatic carbocycles. The molecule has 30 heavy (non-hydrogen) atoms. The standard InChI is InChI=1S/C16H22B3F3O7S/c17-5-9-3-10(6-18)12(7-19)11(4-9)15(24)28-2-1-14(23)29-13(16(20,21)22)8-30(25,26)27/h3-4,13H,1-2,5-8,17-19H2,(H,25,26,27). The Morgan fingerprint density at radius 2 is 1.73 bits per heavy atom. The molecule has 0 spiro atoms. The van der Waals surface area contributed by atoms with E-state index >= 15 is 0 Å². The summed E-state index contributed by atoms with van der Waals surface area (Å²) in [6.07, 6.45) is -6.94. The molecule has 0 fully saturated rings. The molecule has 0 saturated carbocycles. The quantitative estimate of drug-likeness (QED) is 0.278. The molecule has 1 atom stereocenters. The van der Waals surface area contributed by atoms with E-state index in [1.165, 1.54) is 0 Å². The highest BCUT2D eigenvalue weighted by atomic mass is 32.2. The number of carbonyl (C=O) groups excluding carboxylic acids is 2. The van der Waals surface area contributed by atoms with Crippen molar-refractivity contribution < 1.29 is 45.2 Å². The lowest BCUT2D eigenvalue weighted by Crippen LogP contribution is -2.39. The van der Waals surface area contributed by atoms with Gasteiger partial charge in [-0.3, -0.25) is 9.35 Å². The topological polar surface area (TPSA) is 107 Å². The van der Waals surface area contributed by atoms with Gasteiger partial charge in [-0.05, 0) is 11.6 Å². The number of rotatable bonds is 10. The van der Waals surface area contributed by atoms with E-state index in [-0.39, 0.29) is 0 Å². The van der Waals surface area contributed by atoms with Crippen molar-refractivity contribution in [2.45, 2.75) is 37.7 Å². The lowest BCUT2D eigenvalue weighted by molar-refractivity contribution is -0.215. The molecule has 1 aromatic carbocycles. The van der Waals surface area contributed by atoms with Crippen molar-refractivity contribution in [3.05, 3.63) is 34.4 Å². The molecular weight excluding hydrogens is 426 g/mol. The van der Waals surface area contributed by atoms with E-state index in [0.717, 1.165) is 16.7 Å². The van der Waals surface area contributed by atoms with Gasteiger partial charge in [0.25, 0.3) is 10.1 Å². The van der Waals surface area contributed by atoms with Crippen LogP contribution < -0.4 is 0 Å². The summed E-state index contributed by atoms with van der Waals surface area (Å²) in [4.78, 5) is 24.1. The lowest BCUT2D eigenvalue weighted by Gasteiger charge is -2.19. The van der Waals surface area contributed by atoms with Gasteiger partial charge in [0.1, 0.15) is 35.9 Å². The first-order valence-corrected chi connectivity index (χ1v) is 11.0. The molecule has 0 saturated heterocycles. The predicted octanol–water partition coefficient (Wildman–Crippen LogP) is -1.01. The first-order valence-electron chi connectivity index (χ1n) is 9.35. The summed E-state index contributed by atoms with van der Waals surface area (Å²) in [5.74, 6) is -3.94. The van der Waals surface area contributed by atoms with E-state index < -0.39 is 53.1 Å². The zero-order valence-electron chi connectivity index (χ0n) is 16.9. The minimum Gasteiger partial charge on any atom is -0.461 e. The van der Waals surface area contributed by atoms with E-state index in [9.17, 15) is 31.2 Å². The van der Waals surface area contributed by atoms with Crippen LogP contribution in [0.3, 0.4) is 0 Å². The summed E-state index contributed by atoms with van der Waals surface area (Å²) in [6, 6.07) is 3.68. The molecule has 0 aromatic heterocycles. The highest BCUT2D eigenvalue weighted by molar-refractivity contribution is 7.85. The van der Waals surface area contributed by atoms with Crippen molar-refractivity contribution in [2.75, 3.05) is 12.4 Å². The lowest BCUT2D eigenvalue weighted by atomic mass is 9.81. The predicted molar refractivity (Wildman–Crippen MR) is 110 cm³/mol. The van der Waals surface area contributed by atoms with Crippen LogP contribution in [0.15, 0.2) is 12.1 Å². The molecule has 14 heteroatoms. The second-order valence-corrected chi connectivity index (χ2v) is 7.99. The Morgan fingerprint density at radius 1 is 1.10 bits per heavy atom. The fourth-order valence-corrected chi connectivity index (χ4v) is 3.47. The molecule has 7 nitrogen and oxygen atoms in total. The summed E-state index contributed by atoms with van der Waals surface area (Å²) in [7, 11) is 0.723. The fraction of sp³-hybridized carbons (Fsp3) is 0.500. The van der Waals surface area contributed by atoms with Crippen molar-refractivity contribution >= 4 is 45.6 Å². The van der Waals surface area contributed by atoms with E-state index in [2.05, 4.69) is 4.74 Å². The Morgan fingerprint density at radius 3 is 2.20 bits per heavy atom. The van der Waals surface area contributed by atoms with Crippen LogP contribution in [0.25, 0.3) is 0 Å². The Labute approximate surface area is 175 Å². The van der Waals surface area contributed by atoms with Crippen LogP contribution in [0.5, 0.6) is 0 Å². The largest absolute Gasteiger partial charge is 0.461 e. The number of benzene rings is 1. The van der Waals surface area contributed by atoms with Gasteiger partial charge in [-0.1, -0.05) is 36.2 Å². The van der Waals surface area contributed by atoms with Gasteiger partial charge in [-0.25, -0.2) is 4.79 Å². The summed E-state index contributed by atoms with van der Waals surface area (Å²) in [5.41, 5.74) is 3.05. The van der Waals surface area contributed by atoms with E-state index in [1.54, 1.807) is 6.07 Å². The second kappa shape index (κ2) is 10.9. The molecule has 0 radical (unpaired) electrons. The van der Waals surface area contributed by atoms with Crippen molar-refractivity contribution in [1.82, 2.24) is 0 Å². The van der Waals surface area contributed by atoms with Crippen LogP contribution in [0, 0.1) is 0 Å². The van der Waals surface area contributed by atoms with Crippen LogP contribution in [-0.4, -0.2) is 73.1 Å². The molecule has 1 N–H and O–H groups in total. The molecule has 1 unspecified atom stereocenters. The zero-order valence-corrected chi connectivity index (χ0v) is 17.7. The fourth-order valence-electron chi connectivity index (χ4n) is 2.83. The average Bonchev–Trinajstić information content (AvgIpc) is 2.64. The van der Waals surface area contributed by atoms with Gasteiger partial charge in [-0.15, -0.1) is 0 Å². The Bertz CT molecular complexity index is 876. The Hall–Kier alpha value is -1.95. The van der Waals surface area contributed by atoms with E-state index in [4.69, 9.17) is 9.29 Å². The number of hydrogen-bond donors (Lipinski definition) is 1. The summed E-state index contributed by atoms with van der Waals surface area (Å²) >= 11 is 0. The molecule has 0 heterocycles. The van der Waals surface area contributed by atoms with Gasteiger partial charge in [0.2, 0.25) is 6.10 Å². The summed E-state index contributed by atoms with van der Waals surface area (Å²) in [5, 5.41) is 0. The van der Waals surface area contributed by atoms with Gasteiger partial charge >= 0.3 is 18.1 Å². The third kappa shape index (κ3) is 8.06. The van der Waals surface area contributed by atoms with Gasteiger partial charge in [0, 0.05) is 0 Å². The average molecular weight is 448 g/mol. The highest BCUT2D eigenvalue weighted by Gasteiger charge is 2.45. The van der Waals surface area contributed by atoms with Gasteiger partial charge in [0.05, 0.1) is 12.0 Å². The van der Waals surface area contributed by atoms with Crippen LogP contribution in [0.1, 0.15) is 33.5 Å². The number of esters is 2. The second-order valence-electron chi connectivity index (χ2n) is 6.50. The molecule has 1 aromatic rings. The normalized spacial score (nSPS) is 12.9. The Kier molecular flexibility index (Phi) is 9.48. The van der Waals surface area contributed by atoms with Crippen molar-refractivity contribution in [3.63, 3.8) is 0 Å². The Balaban J connectivity index is 2.79. The smallest absolute Gasteiger partial charge is 0.426 e. The maximum atomic E-state index is 12.8. The number of carbonyl (C=O) groups is 2. The van der Waals surface area contributed by atoms with Crippen molar-refractivity contribution in [3.8, 4) is 0 Å². The number of halogens is 3. The molecule has 0 aliphatic heterocycles. The first-order chi connectivity index (χ1) is 13.8.